The fraction of sp³-hybridized carbons (Fsp3) is 0.643. The Morgan fingerprint density at radius 2 is 2.33 bits per heavy atom. The van der Waals surface area contributed by atoms with Gasteiger partial charge in [-0.05, 0) is 31.0 Å². The van der Waals surface area contributed by atoms with Crippen LogP contribution < -0.4 is 5.32 Å². The molecule has 1 aliphatic heterocycles. The molecule has 4 nitrogen and oxygen atoms in total. The van der Waals surface area contributed by atoms with E-state index in [1.165, 1.54) is 0 Å². The standard InChI is InChI=1S/C14H23N3O/c1-12-8-15-9-14(5-7-18)17(10-12)11-13-4-2-3-6-16-13/h2-4,6,12,14-15,18H,5,7-11H2,1H3. The summed E-state index contributed by atoms with van der Waals surface area (Å²) in [4.78, 5) is 6.85. The van der Waals surface area contributed by atoms with Gasteiger partial charge in [-0.15, -0.1) is 0 Å². The van der Waals surface area contributed by atoms with E-state index in [1.54, 1.807) is 0 Å². The lowest BCUT2D eigenvalue weighted by atomic mass is 10.1. The molecule has 18 heavy (non-hydrogen) atoms. The summed E-state index contributed by atoms with van der Waals surface area (Å²) in [5.74, 6) is 0.636. The Morgan fingerprint density at radius 3 is 3.06 bits per heavy atom. The summed E-state index contributed by atoms with van der Waals surface area (Å²) >= 11 is 0. The lowest BCUT2D eigenvalue weighted by Crippen LogP contribution is -2.40. The van der Waals surface area contributed by atoms with Gasteiger partial charge in [-0.25, -0.2) is 0 Å². The predicted octanol–water partition coefficient (Wildman–Crippen LogP) is 0.874. The van der Waals surface area contributed by atoms with Crippen molar-refractivity contribution in [2.75, 3.05) is 26.2 Å². The van der Waals surface area contributed by atoms with E-state index in [0.29, 0.717) is 12.0 Å². The Labute approximate surface area is 109 Å². The molecule has 2 rings (SSSR count). The first-order chi connectivity index (χ1) is 8.79. The van der Waals surface area contributed by atoms with Crippen LogP contribution in [0, 0.1) is 5.92 Å². The molecule has 1 aromatic rings. The molecule has 0 aromatic carbocycles. The highest BCUT2D eigenvalue weighted by Gasteiger charge is 2.23. The number of nitrogens with one attached hydrogen (secondary N) is 1. The number of aliphatic hydroxyl groups excluding tert-OH is 1. The number of aliphatic hydroxyl groups is 1. The topological polar surface area (TPSA) is 48.4 Å². The van der Waals surface area contributed by atoms with E-state index in [4.69, 9.17) is 0 Å². The second-order valence-corrected chi connectivity index (χ2v) is 5.18. The third-order valence-electron chi connectivity index (χ3n) is 3.49. The van der Waals surface area contributed by atoms with Crippen molar-refractivity contribution in [3.63, 3.8) is 0 Å². The van der Waals surface area contributed by atoms with Gasteiger partial charge in [-0.3, -0.25) is 9.88 Å². The molecule has 1 aromatic heterocycles. The van der Waals surface area contributed by atoms with Crippen LogP contribution in [0.4, 0.5) is 0 Å². The molecule has 2 N–H and O–H groups in total. The van der Waals surface area contributed by atoms with E-state index in [0.717, 1.165) is 38.3 Å². The molecule has 0 amide bonds. The minimum Gasteiger partial charge on any atom is -0.396 e. The van der Waals surface area contributed by atoms with Gasteiger partial charge in [0.1, 0.15) is 0 Å². The number of rotatable bonds is 4. The molecule has 100 valence electrons. The van der Waals surface area contributed by atoms with Crippen LogP contribution in [0.3, 0.4) is 0 Å². The van der Waals surface area contributed by atoms with Crippen LogP contribution in [-0.2, 0) is 6.54 Å². The molecule has 4 heteroatoms. The summed E-state index contributed by atoms with van der Waals surface area (Å²) < 4.78 is 0. The Kier molecular flexibility index (Phi) is 5.11. The van der Waals surface area contributed by atoms with Gasteiger partial charge in [0, 0.05) is 38.5 Å². The predicted molar refractivity (Wildman–Crippen MR) is 72.2 cm³/mol. The first kappa shape index (κ1) is 13.5. The molecule has 1 saturated heterocycles. The molecular weight excluding hydrogens is 226 g/mol. The maximum absolute atomic E-state index is 9.19. The summed E-state index contributed by atoms with van der Waals surface area (Å²) in [5.41, 5.74) is 1.11. The van der Waals surface area contributed by atoms with Crippen LogP contribution in [-0.4, -0.2) is 47.3 Å². The minimum absolute atomic E-state index is 0.249. The maximum atomic E-state index is 9.19. The van der Waals surface area contributed by atoms with Gasteiger partial charge in [0.2, 0.25) is 0 Å². The number of aromatic nitrogens is 1. The van der Waals surface area contributed by atoms with Crippen molar-refractivity contribution in [3.05, 3.63) is 30.1 Å². The van der Waals surface area contributed by atoms with E-state index in [1.807, 2.05) is 18.3 Å². The number of nitrogens with zero attached hydrogens (tertiary/aromatic N) is 2. The van der Waals surface area contributed by atoms with Gasteiger partial charge >= 0.3 is 0 Å². The van der Waals surface area contributed by atoms with Crippen LogP contribution in [0.15, 0.2) is 24.4 Å². The van der Waals surface area contributed by atoms with Crippen LogP contribution in [0.1, 0.15) is 19.0 Å². The number of pyridine rings is 1. The fourth-order valence-electron chi connectivity index (χ4n) is 2.57. The molecule has 1 aliphatic rings. The van der Waals surface area contributed by atoms with Gasteiger partial charge in [0.15, 0.2) is 0 Å². The second-order valence-electron chi connectivity index (χ2n) is 5.18. The van der Waals surface area contributed by atoms with Gasteiger partial charge in [-0.2, -0.15) is 0 Å². The average Bonchev–Trinajstić information content (AvgIpc) is 2.54. The second kappa shape index (κ2) is 6.83. The third-order valence-corrected chi connectivity index (χ3v) is 3.49. The van der Waals surface area contributed by atoms with E-state index in [-0.39, 0.29) is 6.61 Å². The Balaban J connectivity index is 2.04. The van der Waals surface area contributed by atoms with Gasteiger partial charge in [0.05, 0.1) is 5.69 Å². The lowest BCUT2D eigenvalue weighted by Gasteiger charge is -2.30. The number of hydrogen-bond donors (Lipinski definition) is 2. The molecule has 0 spiro atoms. The summed E-state index contributed by atoms with van der Waals surface area (Å²) in [7, 11) is 0. The Morgan fingerprint density at radius 1 is 1.44 bits per heavy atom. The Bertz CT molecular complexity index is 344. The highest BCUT2D eigenvalue weighted by molar-refractivity contribution is 5.04. The molecule has 0 saturated carbocycles. The number of hydrogen-bond acceptors (Lipinski definition) is 4. The van der Waals surface area contributed by atoms with Crippen LogP contribution in [0.2, 0.25) is 0 Å². The first-order valence-electron chi connectivity index (χ1n) is 6.75. The van der Waals surface area contributed by atoms with Gasteiger partial charge < -0.3 is 10.4 Å². The first-order valence-corrected chi connectivity index (χ1v) is 6.75. The van der Waals surface area contributed by atoms with E-state index >= 15 is 0 Å². The van der Waals surface area contributed by atoms with E-state index < -0.39 is 0 Å². The monoisotopic (exact) mass is 249 g/mol. The van der Waals surface area contributed by atoms with E-state index in [2.05, 4.69) is 28.2 Å². The lowest BCUT2D eigenvalue weighted by molar-refractivity contribution is 0.147. The molecule has 1 fully saturated rings. The molecule has 2 heterocycles. The highest BCUT2D eigenvalue weighted by Crippen LogP contribution is 2.14. The van der Waals surface area contributed by atoms with Crippen molar-refractivity contribution >= 4 is 0 Å². The molecule has 0 aliphatic carbocycles. The van der Waals surface area contributed by atoms with Gasteiger partial charge in [0.25, 0.3) is 0 Å². The minimum atomic E-state index is 0.249. The zero-order valence-electron chi connectivity index (χ0n) is 11.0. The largest absolute Gasteiger partial charge is 0.396 e. The van der Waals surface area contributed by atoms with Crippen molar-refractivity contribution < 1.29 is 5.11 Å². The summed E-state index contributed by atoms with van der Waals surface area (Å²) in [5, 5.41) is 12.7. The molecule has 0 bridgehead atoms. The van der Waals surface area contributed by atoms with Crippen molar-refractivity contribution in [2.45, 2.75) is 25.9 Å². The molecule has 2 atom stereocenters. The highest BCUT2D eigenvalue weighted by atomic mass is 16.3. The van der Waals surface area contributed by atoms with Crippen molar-refractivity contribution in [3.8, 4) is 0 Å². The zero-order chi connectivity index (χ0) is 12.8. The van der Waals surface area contributed by atoms with Crippen molar-refractivity contribution in [2.24, 2.45) is 5.92 Å². The third kappa shape index (κ3) is 3.77. The van der Waals surface area contributed by atoms with Gasteiger partial charge in [-0.1, -0.05) is 13.0 Å². The van der Waals surface area contributed by atoms with Crippen molar-refractivity contribution in [1.82, 2.24) is 15.2 Å². The smallest absolute Gasteiger partial charge is 0.0544 e. The van der Waals surface area contributed by atoms with Crippen LogP contribution >= 0.6 is 0 Å². The Hall–Kier alpha value is -0.970. The summed E-state index contributed by atoms with van der Waals surface area (Å²) in [6, 6.07) is 6.45. The summed E-state index contributed by atoms with van der Waals surface area (Å²) in [6.45, 7) is 6.46. The summed E-state index contributed by atoms with van der Waals surface area (Å²) in [6.07, 6.45) is 2.67. The average molecular weight is 249 g/mol. The SMILES string of the molecule is CC1CNCC(CCO)N(Cc2ccccn2)C1. The molecule has 2 unspecified atom stereocenters. The zero-order valence-corrected chi connectivity index (χ0v) is 11.0. The molecule has 0 radical (unpaired) electrons. The normalized spacial score (nSPS) is 25.9. The quantitative estimate of drug-likeness (QED) is 0.831. The van der Waals surface area contributed by atoms with Crippen LogP contribution in [0.5, 0.6) is 0 Å². The fourth-order valence-corrected chi connectivity index (χ4v) is 2.57. The van der Waals surface area contributed by atoms with Crippen molar-refractivity contribution in [1.29, 1.82) is 0 Å². The maximum Gasteiger partial charge on any atom is 0.0544 e. The molecular formula is C14H23N3O. The van der Waals surface area contributed by atoms with Crippen LogP contribution in [0.25, 0.3) is 0 Å². The van der Waals surface area contributed by atoms with E-state index in [9.17, 15) is 5.11 Å².